The molecule has 1 aromatic heterocycles. The molecule has 1 aliphatic rings. The van der Waals surface area contributed by atoms with Gasteiger partial charge in [-0.05, 0) is 57.0 Å². The van der Waals surface area contributed by atoms with Crippen LogP contribution < -0.4 is 5.32 Å². The van der Waals surface area contributed by atoms with Crippen LogP contribution in [0, 0.1) is 5.92 Å². The number of morpholine rings is 1. The van der Waals surface area contributed by atoms with Crippen molar-refractivity contribution in [1.82, 2.24) is 14.7 Å². The Kier molecular flexibility index (Phi) is 7.46. The summed E-state index contributed by atoms with van der Waals surface area (Å²) in [5.74, 6) is -0.300. The van der Waals surface area contributed by atoms with E-state index in [9.17, 15) is 9.59 Å². The van der Waals surface area contributed by atoms with Crippen LogP contribution >= 0.6 is 0 Å². The predicted octanol–water partition coefficient (Wildman–Crippen LogP) is 3.12. The molecule has 8 heteroatoms. The number of aromatic nitrogens is 2. The molecule has 3 unspecified atom stereocenters. The lowest BCUT2D eigenvalue weighted by molar-refractivity contribution is -0.130. The first-order valence-corrected chi connectivity index (χ1v) is 10.8. The summed E-state index contributed by atoms with van der Waals surface area (Å²) in [4.78, 5) is 27.1. The number of hydrogen-bond donors (Lipinski definition) is 1. The zero-order valence-corrected chi connectivity index (χ0v) is 18.9. The molecule has 0 saturated carbocycles. The van der Waals surface area contributed by atoms with E-state index < -0.39 is 5.97 Å². The fourth-order valence-electron chi connectivity index (χ4n) is 4.03. The summed E-state index contributed by atoms with van der Waals surface area (Å²) in [5, 5.41) is 7.30. The number of esters is 1. The van der Waals surface area contributed by atoms with Crippen molar-refractivity contribution < 1.29 is 19.1 Å². The molecule has 8 nitrogen and oxygen atoms in total. The second-order valence-corrected chi connectivity index (χ2v) is 8.30. The topological polar surface area (TPSA) is 85.7 Å². The van der Waals surface area contributed by atoms with Crippen LogP contribution in [0.15, 0.2) is 36.5 Å². The van der Waals surface area contributed by atoms with E-state index in [2.05, 4.69) is 29.2 Å². The first kappa shape index (κ1) is 23.0. The fraction of sp³-hybridized carbons (Fsp3) is 0.522. The first-order valence-electron chi connectivity index (χ1n) is 10.8. The van der Waals surface area contributed by atoms with E-state index >= 15 is 0 Å². The fourth-order valence-corrected chi connectivity index (χ4v) is 4.03. The van der Waals surface area contributed by atoms with Crippen LogP contribution in [0.3, 0.4) is 0 Å². The van der Waals surface area contributed by atoms with Gasteiger partial charge in [0.1, 0.15) is 0 Å². The lowest BCUT2D eigenvalue weighted by atomic mass is 9.99. The van der Waals surface area contributed by atoms with Crippen LogP contribution in [-0.4, -0.2) is 64.5 Å². The van der Waals surface area contributed by atoms with Crippen LogP contribution in [0.2, 0.25) is 0 Å². The molecule has 0 radical (unpaired) electrons. The summed E-state index contributed by atoms with van der Waals surface area (Å²) in [6.07, 6.45) is 1.91. The Labute approximate surface area is 183 Å². The van der Waals surface area contributed by atoms with Gasteiger partial charge in [0.15, 0.2) is 5.69 Å². The van der Waals surface area contributed by atoms with E-state index in [4.69, 9.17) is 9.47 Å². The van der Waals surface area contributed by atoms with Gasteiger partial charge >= 0.3 is 5.97 Å². The Balaban J connectivity index is 1.68. The smallest absolute Gasteiger partial charge is 0.358 e. The second kappa shape index (κ2) is 10.1. The summed E-state index contributed by atoms with van der Waals surface area (Å²) in [5.41, 5.74) is 1.75. The van der Waals surface area contributed by atoms with Gasteiger partial charge in [-0.15, -0.1) is 0 Å². The molecule has 1 fully saturated rings. The molecule has 0 aliphatic carbocycles. The Bertz CT molecular complexity index is 883. The van der Waals surface area contributed by atoms with Crippen molar-refractivity contribution in [2.75, 3.05) is 25.0 Å². The highest BCUT2D eigenvalue weighted by Gasteiger charge is 2.34. The van der Waals surface area contributed by atoms with Crippen molar-refractivity contribution in [2.24, 2.45) is 5.92 Å². The highest BCUT2D eigenvalue weighted by Crippen LogP contribution is 2.21. The number of carbonyl (C=O) groups excluding carboxylic acids is 2. The summed E-state index contributed by atoms with van der Waals surface area (Å²) in [6, 6.07) is 8.75. The maximum absolute atomic E-state index is 13.1. The minimum absolute atomic E-state index is 0.0206. The molecule has 31 heavy (non-hydrogen) atoms. The van der Waals surface area contributed by atoms with Crippen molar-refractivity contribution in [3.63, 3.8) is 0 Å². The lowest BCUT2D eigenvalue weighted by Gasteiger charge is -2.41. The van der Waals surface area contributed by atoms with E-state index in [1.54, 1.807) is 23.9 Å². The molecule has 1 aromatic carbocycles. The number of ether oxygens (including phenoxy) is 2. The van der Waals surface area contributed by atoms with Crippen LogP contribution in [-0.2, 0) is 14.3 Å². The van der Waals surface area contributed by atoms with Gasteiger partial charge in [-0.25, -0.2) is 9.48 Å². The molecule has 1 saturated heterocycles. The third kappa shape index (κ3) is 5.71. The van der Waals surface area contributed by atoms with Crippen molar-refractivity contribution in [1.29, 1.82) is 0 Å². The predicted molar refractivity (Wildman–Crippen MR) is 118 cm³/mol. The molecule has 3 atom stereocenters. The molecule has 2 heterocycles. The van der Waals surface area contributed by atoms with E-state index in [-0.39, 0.29) is 35.8 Å². The summed E-state index contributed by atoms with van der Waals surface area (Å²) < 4.78 is 12.4. The standard InChI is InChI=1S/C23H32N4O4/c1-6-30-23(29)20-11-12-27(25-20)19-9-7-18(8-10-19)24-22(28)21(15(2)3)26-13-16(4)31-17(5)14-26/h7-12,15-17,21H,6,13-14H2,1-5H3,(H,24,28). The monoisotopic (exact) mass is 428 g/mol. The van der Waals surface area contributed by atoms with Crippen molar-refractivity contribution in [3.05, 3.63) is 42.2 Å². The number of nitrogens with zero attached hydrogens (tertiary/aromatic N) is 3. The third-order valence-electron chi connectivity index (χ3n) is 5.21. The normalized spacial score (nSPS) is 20.5. The van der Waals surface area contributed by atoms with E-state index in [0.29, 0.717) is 12.3 Å². The molecule has 1 amide bonds. The van der Waals surface area contributed by atoms with Gasteiger partial charge in [-0.1, -0.05) is 13.8 Å². The summed E-state index contributed by atoms with van der Waals surface area (Å²) in [6.45, 7) is 11.8. The molecule has 3 rings (SSSR count). The van der Waals surface area contributed by atoms with Crippen molar-refractivity contribution in [2.45, 2.75) is 52.9 Å². The number of nitrogens with one attached hydrogen (secondary N) is 1. The van der Waals surface area contributed by atoms with Crippen LogP contribution in [0.4, 0.5) is 5.69 Å². The van der Waals surface area contributed by atoms with Gasteiger partial charge < -0.3 is 14.8 Å². The molecule has 0 spiro atoms. The first-order chi connectivity index (χ1) is 14.8. The van der Waals surface area contributed by atoms with Crippen molar-refractivity contribution >= 4 is 17.6 Å². The van der Waals surface area contributed by atoms with Gasteiger partial charge in [0, 0.05) is 25.0 Å². The van der Waals surface area contributed by atoms with Gasteiger partial charge in [0.25, 0.3) is 0 Å². The highest BCUT2D eigenvalue weighted by molar-refractivity contribution is 5.95. The Morgan fingerprint density at radius 1 is 1.16 bits per heavy atom. The summed E-state index contributed by atoms with van der Waals surface area (Å²) >= 11 is 0. The van der Waals surface area contributed by atoms with E-state index in [1.807, 2.05) is 38.1 Å². The zero-order chi connectivity index (χ0) is 22.5. The highest BCUT2D eigenvalue weighted by atomic mass is 16.5. The Morgan fingerprint density at radius 3 is 2.39 bits per heavy atom. The van der Waals surface area contributed by atoms with Gasteiger partial charge in [-0.2, -0.15) is 5.10 Å². The number of rotatable bonds is 7. The van der Waals surface area contributed by atoms with Gasteiger partial charge in [-0.3, -0.25) is 9.69 Å². The summed E-state index contributed by atoms with van der Waals surface area (Å²) in [7, 11) is 0. The zero-order valence-electron chi connectivity index (χ0n) is 18.9. The van der Waals surface area contributed by atoms with Crippen LogP contribution in [0.25, 0.3) is 5.69 Å². The number of hydrogen-bond acceptors (Lipinski definition) is 6. The lowest BCUT2D eigenvalue weighted by Crippen LogP contribution is -2.55. The maximum atomic E-state index is 13.1. The molecule has 1 aliphatic heterocycles. The average Bonchev–Trinajstić information content (AvgIpc) is 3.18. The molecule has 1 N–H and O–H groups in total. The number of carbonyl (C=O) groups is 2. The largest absolute Gasteiger partial charge is 0.461 e. The number of anilines is 1. The maximum Gasteiger partial charge on any atom is 0.358 e. The minimum Gasteiger partial charge on any atom is -0.461 e. The minimum atomic E-state index is -0.448. The van der Waals surface area contributed by atoms with Crippen molar-refractivity contribution in [3.8, 4) is 5.69 Å². The molecule has 2 aromatic rings. The third-order valence-corrected chi connectivity index (χ3v) is 5.21. The van der Waals surface area contributed by atoms with Gasteiger partial charge in [0.05, 0.1) is 30.5 Å². The Hall–Kier alpha value is -2.71. The molecule has 0 bridgehead atoms. The quantitative estimate of drug-likeness (QED) is 0.682. The SMILES string of the molecule is CCOC(=O)c1ccn(-c2ccc(NC(=O)C(C(C)C)N3CC(C)OC(C)C3)cc2)n1. The average molecular weight is 429 g/mol. The van der Waals surface area contributed by atoms with Crippen LogP contribution in [0.1, 0.15) is 45.1 Å². The number of amides is 1. The Morgan fingerprint density at radius 2 is 1.81 bits per heavy atom. The molecular weight excluding hydrogens is 396 g/mol. The van der Waals surface area contributed by atoms with E-state index in [1.165, 1.54) is 0 Å². The second-order valence-electron chi connectivity index (χ2n) is 8.30. The molecular formula is C23H32N4O4. The number of benzene rings is 1. The molecule has 168 valence electrons. The van der Waals surface area contributed by atoms with E-state index in [0.717, 1.165) is 18.8 Å². The van der Waals surface area contributed by atoms with Crippen LogP contribution in [0.5, 0.6) is 0 Å². The van der Waals surface area contributed by atoms with Gasteiger partial charge in [0.2, 0.25) is 5.91 Å².